The van der Waals surface area contributed by atoms with Gasteiger partial charge in [-0.3, -0.25) is 4.79 Å². The van der Waals surface area contributed by atoms with Crippen molar-refractivity contribution in [1.29, 1.82) is 0 Å². The van der Waals surface area contributed by atoms with Gasteiger partial charge in [0.25, 0.3) is 5.56 Å². The monoisotopic (exact) mass is 621 g/mol. The number of fused-ring (bicyclic) bond motifs is 1. The van der Waals surface area contributed by atoms with Crippen molar-refractivity contribution in [3.05, 3.63) is 64.5 Å². The first kappa shape index (κ1) is 31.6. The van der Waals surface area contributed by atoms with Crippen molar-refractivity contribution < 1.29 is 13.2 Å². The number of hydrogen-bond acceptors (Lipinski definition) is 8. The highest BCUT2D eigenvalue weighted by atomic mass is 32.2. The van der Waals surface area contributed by atoms with Crippen LogP contribution in [0, 0.1) is 6.92 Å². The molecule has 5 rings (SSSR count). The zero-order valence-electron chi connectivity index (χ0n) is 26.1. The molecule has 0 bridgehead atoms. The summed E-state index contributed by atoms with van der Waals surface area (Å²) in [6.07, 6.45) is 8.18. The summed E-state index contributed by atoms with van der Waals surface area (Å²) in [5.41, 5.74) is 1.11. The van der Waals surface area contributed by atoms with Gasteiger partial charge >= 0.3 is 0 Å². The maximum atomic E-state index is 13.8. The number of aryl methyl sites for hydroxylation is 1. The Hall–Kier alpha value is -3.77. The summed E-state index contributed by atoms with van der Waals surface area (Å²) < 4.78 is 36.7. The molecule has 4 heterocycles. The molecule has 0 aliphatic carbocycles. The average Bonchev–Trinajstić information content (AvgIpc) is 3.38. The van der Waals surface area contributed by atoms with E-state index in [0.29, 0.717) is 55.3 Å². The molecule has 3 aromatic heterocycles. The minimum atomic E-state index is -3.83. The van der Waals surface area contributed by atoms with Crippen LogP contribution in [0.5, 0.6) is 5.75 Å². The number of unbranched alkanes of at least 4 members (excludes halogenated alkanes) is 3. The predicted octanol–water partition coefficient (Wildman–Crippen LogP) is 5.16. The second kappa shape index (κ2) is 13.9. The summed E-state index contributed by atoms with van der Waals surface area (Å²) >= 11 is 0. The number of benzene rings is 1. The summed E-state index contributed by atoms with van der Waals surface area (Å²) in [4.78, 5) is 27.7. The Kier molecular flexibility index (Phi) is 10.00. The van der Waals surface area contributed by atoms with Crippen molar-refractivity contribution in [3.63, 3.8) is 0 Å². The Bertz CT molecular complexity index is 1730. The summed E-state index contributed by atoms with van der Waals surface area (Å²) in [7, 11) is -3.83. The molecule has 1 unspecified atom stereocenters. The number of ether oxygens (including phenoxy) is 1. The van der Waals surface area contributed by atoms with E-state index in [4.69, 9.17) is 14.8 Å². The number of rotatable bonds is 13. The molecule has 1 aliphatic rings. The maximum absolute atomic E-state index is 13.8. The standard InChI is InChI=1S/C32H43N7O4S/c1-5-8-9-10-13-24(6-2)31-34-23(4)29-32(40)35-30(36-39(29)31)26-22-25(15-16-27(26)43-7-3)44(41,42)38-20-18-37(19-21-38)28-14-11-12-17-33-28/h11-12,14-17,22,24H,5-10,13,18-21H2,1-4H3,(H,35,36,40). The third kappa shape index (κ3) is 6.51. The number of pyridine rings is 1. The second-order valence-corrected chi connectivity index (χ2v) is 13.2. The number of piperazine rings is 1. The first-order valence-electron chi connectivity index (χ1n) is 15.7. The van der Waals surface area contributed by atoms with Gasteiger partial charge in [0.1, 0.15) is 17.4 Å². The van der Waals surface area contributed by atoms with Gasteiger partial charge in [0, 0.05) is 38.3 Å². The Labute approximate surface area is 259 Å². The number of aromatic nitrogens is 5. The number of hydrogen-bond donors (Lipinski definition) is 1. The van der Waals surface area contributed by atoms with Gasteiger partial charge in [-0.25, -0.2) is 22.9 Å². The van der Waals surface area contributed by atoms with Crippen LogP contribution in [-0.2, 0) is 10.0 Å². The minimum absolute atomic E-state index is 0.120. The third-order valence-corrected chi connectivity index (χ3v) is 10.2. The van der Waals surface area contributed by atoms with Crippen molar-refractivity contribution in [2.75, 3.05) is 37.7 Å². The normalized spacial score (nSPS) is 15.1. The van der Waals surface area contributed by atoms with Crippen molar-refractivity contribution in [3.8, 4) is 17.1 Å². The van der Waals surface area contributed by atoms with Crippen LogP contribution >= 0.6 is 0 Å². The van der Waals surface area contributed by atoms with Gasteiger partial charge in [-0.05, 0) is 57.0 Å². The number of aromatic amines is 1. The number of H-pyrrole nitrogens is 1. The molecule has 44 heavy (non-hydrogen) atoms. The highest BCUT2D eigenvalue weighted by Gasteiger charge is 2.30. The van der Waals surface area contributed by atoms with Crippen LogP contribution < -0.4 is 15.2 Å². The summed E-state index contributed by atoms with van der Waals surface area (Å²) in [6, 6.07) is 10.5. The van der Waals surface area contributed by atoms with Gasteiger partial charge < -0.3 is 14.6 Å². The van der Waals surface area contributed by atoms with Crippen LogP contribution in [0.25, 0.3) is 16.9 Å². The molecule has 0 saturated carbocycles. The van der Waals surface area contributed by atoms with E-state index < -0.39 is 10.0 Å². The summed E-state index contributed by atoms with van der Waals surface area (Å²) in [5, 5.41) is 4.86. The van der Waals surface area contributed by atoms with Crippen LogP contribution in [0.3, 0.4) is 0 Å². The highest BCUT2D eigenvalue weighted by molar-refractivity contribution is 7.89. The summed E-state index contributed by atoms with van der Waals surface area (Å²) in [5.74, 6) is 2.43. The number of imidazole rings is 1. The molecule has 4 aromatic rings. The van der Waals surface area contributed by atoms with E-state index >= 15 is 0 Å². The molecule has 11 nitrogen and oxygen atoms in total. The Morgan fingerprint density at radius 1 is 1.02 bits per heavy atom. The molecule has 12 heteroatoms. The van der Waals surface area contributed by atoms with Gasteiger partial charge in [-0.15, -0.1) is 5.10 Å². The quantitative estimate of drug-likeness (QED) is 0.203. The SMILES string of the molecule is CCCCCCC(CC)c1nc(C)c2c(=O)[nH]c(-c3cc(S(=O)(=O)N4CCN(c5ccccn5)CC4)ccc3OCC)nn12. The van der Waals surface area contributed by atoms with Crippen molar-refractivity contribution in [2.24, 2.45) is 0 Å². The molecular formula is C32H43N7O4S. The third-order valence-electron chi connectivity index (χ3n) is 8.32. The van der Waals surface area contributed by atoms with E-state index in [1.165, 1.54) is 17.1 Å². The predicted molar refractivity (Wildman–Crippen MR) is 172 cm³/mol. The zero-order valence-corrected chi connectivity index (χ0v) is 26.9. The molecule has 1 saturated heterocycles. The fourth-order valence-electron chi connectivity index (χ4n) is 5.90. The van der Waals surface area contributed by atoms with Crippen LogP contribution in [0.4, 0.5) is 5.82 Å². The van der Waals surface area contributed by atoms with E-state index in [9.17, 15) is 13.2 Å². The lowest BCUT2D eigenvalue weighted by molar-refractivity contribution is 0.341. The Morgan fingerprint density at radius 3 is 2.50 bits per heavy atom. The van der Waals surface area contributed by atoms with Gasteiger partial charge in [0.05, 0.1) is 22.8 Å². The van der Waals surface area contributed by atoms with Crippen LogP contribution in [0.2, 0.25) is 0 Å². The van der Waals surface area contributed by atoms with Gasteiger partial charge in [0.2, 0.25) is 10.0 Å². The number of nitrogens with zero attached hydrogens (tertiary/aromatic N) is 6. The lowest BCUT2D eigenvalue weighted by Crippen LogP contribution is -2.48. The molecule has 0 spiro atoms. The smallest absolute Gasteiger partial charge is 0.277 e. The largest absolute Gasteiger partial charge is 0.493 e. The molecule has 0 radical (unpaired) electrons. The summed E-state index contributed by atoms with van der Waals surface area (Å²) in [6.45, 7) is 10.1. The highest BCUT2D eigenvalue weighted by Crippen LogP contribution is 2.33. The molecular weight excluding hydrogens is 578 g/mol. The van der Waals surface area contributed by atoms with Crippen LogP contribution in [0.15, 0.2) is 52.3 Å². The van der Waals surface area contributed by atoms with Crippen molar-refractivity contribution in [1.82, 2.24) is 28.9 Å². The fraction of sp³-hybridized carbons (Fsp3) is 0.500. The lowest BCUT2D eigenvalue weighted by atomic mass is 9.97. The molecule has 1 fully saturated rings. The fourth-order valence-corrected chi connectivity index (χ4v) is 7.34. The van der Waals surface area contributed by atoms with E-state index in [-0.39, 0.29) is 22.2 Å². The van der Waals surface area contributed by atoms with E-state index in [1.807, 2.05) is 32.0 Å². The number of sulfonamides is 1. The molecule has 0 amide bonds. The number of anilines is 1. The van der Waals surface area contributed by atoms with Crippen LogP contribution in [-0.4, -0.2) is 70.1 Å². The van der Waals surface area contributed by atoms with E-state index in [2.05, 4.69) is 28.7 Å². The van der Waals surface area contributed by atoms with Crippen molar-refractivity contribution >= 4 is 21.4 Å². The lowest BCUT2D eigenvalue weighted by Gasteiger charge is -2.34. The first-order chi connectivity index (χ1) is 21.3. The van der Waals surface area contributed by atoms with Crippen molar-refractivity contribution in [2.45, 2.75) is 77.0 Å². The maximum Gasteiger partial charge on any atom is 0.277 e. The topological polar surface area (TPSA) is 126 Å². The van der Waals surface area contributed by atoms with E-state index in [1.54, 1.807) is 28.9 Å². The molecule has 1 aliphatic heterocycles. The molecule has 1 N–H and O–H groups in total. The van der Waals surface area contributed by atoms with Gasteiger partial charge in [-0.1, -0.05) is 45.6 Å². The molecule has 236 valence electrons. The first-order valence-corrected chi connectivity index (χ1v) is 17.1. The van der Waals surface area contributed by atoms with Crippen LogP contribution in [0.1, 0.15) is 76.7 Å². The zero-order chi connectivity index (χ0) is 31.3. The average molecular weight is 622 g/mol. The molecule has 1 aromatic carbocycles. The minimum Gasteiger partial charge on any atom is -0.493 e. The second-order valence-electron chi connectivity index (χ2n) is 11.2. The Morgan fingerprint density at radius 2 is 1.82 bits per heavy atom. The Balaban J connectivity index is 1.49. The van der Waals surface area contributed by atoms with Gasteiger partial charge in [0.15, 0.2) is 11.3 Å². The molecule has 1 atom stereocenters. The number of nitrogens with one attached hydrogen (secondary N) is 1. The van der Waals surface area contributed by atoms with E-state index in [0.717, 1.165) is 37.3 Å². The van der Waals surface area contributed by atoms with Gasteiger partial charge in [-0.2, -0.15) is 4.31 Å².